The van der Waals surface area contributed by atoms with Crippen LogP contribution >= 0.6 is 0 Å². The van der Waals surface area contributed by atoms with Crippen molar-refractivity contribution in [3.05, 3.63) is 12.7 Å². The number of amides is 1. The molecule has 8 heteroatoms. The van der Waals surface area contributed by atoms with Crippen molar-refractivity contribution >= 4 is 16.3 Å². The van der Waals surface area contributed by atoms with Gasteiger partial charge in [0.25, 0.3) is 10.2 Å². The van der Waals surface area contributed by atoms with E-state index in [0.717, 1.165) is 4.31 Å². The van der Waals surface area contributed by atoms with Gasteiger partial charge in [0.05, 0.1) is 5.54 Å². The van der Waals surface area contributed by atoms with Crippen molar-refractivity contribution < 1.29 is 17.9 Å². The first kappa shape index (κ1) is 12.9. The summed E-state index contributed by atoms with van der Waals surface area (Å²) >= 11 is 0. The lowest BCUT2D eigenvalue weighted by Gasteiger charge is -2.45. The van der Waals surface area contributed by atoms with Crippen molar-refractivity contribution in [1.82, 2.24) is 9.62 Å². The molecule has 0 bridgehead atoms. The molecule has 1 fully saturated rings. The van der Waals surface area contributed by atoms with Gasteiger partial charge in [0.15, 0.2) is 0 Å². The molecule has 16 heavy (non-hydrogen) atoms. The Bertz CT molecular complexity index is 386. The number of nitrogens with zero attached hydrogens (tertiary/aromatic N) is 1. The number of hydrogen-bond donors (Lipinski definition) is 2. The Morgan fingerprint density at radius 2 is 2.25 bits per heavy atom. The molecule has 0 radical (unpaired) electrons. The Morgan fingerprint density at radius 1 is 1.69 bits per heavy atom. The summed E-state index contributed by atoms with van der Waals surface area (Å²) in [5.74, 6) is 0. The molecule has 7 nitrogen and oxygen atoms in total. The average molecular weight is 249 g/mol. The van der Waals surface area contributed by atoms with Crippen molar-refractivity contribution in [2.75, 3.05) is 19.7 Å². The molecule has 1 aliphatic rings. The van der Waals surface area contributed by atoms with Gasteiger partial charge in [-0.3, -0.25) is 0 Å². The smallest absolute Gasteiger partial charge is 0.407 e. The lowest BCUT2D eigenvalue weighted by atomic mass is 9.96. The van der Waals surface area contributed by atoms with E-state index in [0.29, 0.717) is 0 Å². The van der Waals surface area contributed by atoms with Crippen LogP contribution in [-0.2, 0) is 14.9 Å². The average Bonchev–Trinajstić information content (AvgIpc) is 2.09. The minimum Gasteiger partial charge on any atom is -0.445 e. The largest absolute Gasteiger partial charge is 0.445 e. The molecule has 1 saturated heterocycles. The van der Waals surface area contributed by atoms with Gasteiger partial charge in [0.1, 0.15) is 6.61 Å². The normalized spacial score (nSPS) is 19.6. The van der Waals surface area contributed by atoms with Gasteiger partial charge in [-0.1, -0.05) is 12.7 Å². The Kier molecular flexibility index (Phi) is 3.56. The van der Waals surface area contributed by atoms with Crippen molar-refractivity contribution in [3.63, 3.8) is 0 Å². The fraction of sp³-hybridized carbons (Fsp3) is 0.625. The first-order valence-corrected chi connectivity index (χ1v) is 6.11. The summed E-state index contributed by atoms with van der Waals surface area (Å²) in [5, 5.41) is 7.47. The molecule has 0 aliphatic carbocycles. The number of carbonyl (C=O) groups excluding carboxylic acids is 1. The van der Waals surface area contributed by atoms with Gasteiger partial charge in [0, 0.05) is 13.1 Å². The number of hydrogen-bond acceptors (Lipinski definition) is 4. The fourth-order valence-electron chi connectivity index (χ4n) is 1.41. The Labute approximate surface area is 94.4 Å². The van der Waals surface area contributed by atoms with E-state index in [1.807, 2.05) is 0 Å². The van der Waals surface area contributed by atoms with Crippen molar-refractivity contribution in [2.24, 2.45) is 5.14 Å². The van der Waals surface area contributed by atoms with Gasteiger partial charge >= 0.3 is 6.09 Å². The lowest BCUT2D eigenvalue weighted by molar-refractivity contribution is 0.103. The summed E-state index contributed by atoms with van der Waals surface area (Å²) in [6, 6.07) is 0. The Balaban J connectivity index is 2.41. The molecule has 0 spiro atoms. The molecule has 0 aromatic rings. The van der Waals surface area contributed by atoms with E-state index in [1.165, 1.54) is 6.08 Å². The van der Waals surface area contributed by atoms with Crippen LogP contribution in [0.4, 0.5) is 4.79 Å². The topological polar surface area (TPSA) is 102 Å². The predicted octanol–water partition coefficient (Wildman–Crippen LogP) is -0.824. The molecule has 1 aliphatic heterocycles. The van der Waals surface area contributed by atoms with E-state index < -0.39 is 21.8 Å². The highest BCUT2D eigenvalue weighted by molar-refractivity contribution is 7.86. The van der Waals surface area contributed by atoms with E-state index >= 15 is 0 Å². The molecule has 1 heterocycles. The second-order valence-corrected chi connectivity index (χ2v) is 5.43. The summed E-state index contributed by atoms with van der Waals surface area (Å²) in [6.07, 6.45) is 0.843. The van der Waals surface area contributed by atoms with Gasteiger partial charge in [-0.05, 0) is 6.92 Å². The minimum atomic E-state index is -3.66. The first-order chi connectivity index (χ1) is 7.27. The fourth-order valence-corrected chi connectivity index (χ4v) is 2.34. The molecular formula is C8H15N3O4S. The summed E-state index contributed by atoms with van der Waals surface area (Å²) < 4.78 is 27.6. The van der Waals surface area contributed by atoms with Gasteiger partial charge in [0.2, 0.25) is 0 Å². The number of ether oxygens (including phenoxy) is 1. The number of nitrogens with two attached hydrogens (primary N) is 1. The van der Waals surface area contributed by atoms with E-state index in [2.05, 4.69) is 11.9 Å². The second-order valence-electron chi connectivity index (χ2n) is 3.89. The highest BCUT2D eigenvalue weighted by Crippen LogP contribution is 2.21. The summed E-state index contributed by atoms with van der Waals surface area (Å²) in [5.41, 5.74) is -0.620. The molecule has 0 aromatic heterocycles. The maximum atomic E-state index is 11.2. The predicted molar refractivity (Wildman–Crippen MR) is 57.8 cm³/mol. The molecule has 0 unspecified atom stereocenters. The van der Waals surface area contributed by atoms with Crippen LogP contribution < -0.4 is 10.5 Å². The van der Waals surface area contributed by atoms with E-state index in [9.17, 15) is 13.2 Å². The van der Waals surface area contributed by atoms with Crippen LogP contribution in [0.1, 0.15) is 6.92 Å². The third-order valence-electron chi connectivity index (χ3n) is 2.15. The van der Waals surface area contributed by atoms with Crippen LogP contribution in [0.2, 0.25) is 0 Å². The van der Waals surface area contributed by atoms with E-state index in [-0.39, 0.29) is 19.7 Å². The van der Waals surface area contributed by atoms with Crippen molar-refractivity contribution in [2.45, 2.75) is 12.5 Å². The van der Waals surface area contributed by atoms with Crippen LogP contribution in [0.25, 0.3) is 0 Å². The van der Waals surface area contributed by atoms with Gasteiger partial charge in [-0.25, -0.2) is 9.93 Å². The monoisotopic (exact) mass is 249 g/mol. The number of rotatable bonds is 4. The lowest BCUT2D eigenvalue weighted by Crippen LogP contribution is -2.70. The zero-order valence-corrected chi connectivity index (χ0v) is 9.79. The zero-order chi connectivity index (χ0) is 12.4. The highest BCUT2D eigenvalue weighted by Gasteiger charge is 2.44. The van der Waals surface area contributed by atoms with Gasteiger partial charge < -0.3 is 10.1 Å². The van der Waals surface area contributed by atoms with Crippen LogP contribution in [0.15, 0.2) is 12.7 Å². The molecule has 0 aromatic carbocycles. The minimum absolute atomic E-state index is 0.112. The highest BCUT2D eigenvalue weighted by atomic mass is 32.2. The maximum Gasteiger partial charge on any atom is 0.407 e. The summed E-state index contributed by atoms with van der Waals surface area (Å²) in [7, 11) is -3.66. The van der Waals surface area contributed by atoms with Crippen LogP contribution in [-0.4, -0.2) is 44.1 Å². The second kappa shape index (κ2) is 4.40. The molecule has 0 atom stereocenters. The Hall–Kier alpha value is -1.12. The molecular weight excluding hydrogens is 234 g/mol. The third kappa shape index (κ3) is 3.19. The van der Waals surface area contributed by atoms with Crippen LogP contribution in [0.5, 0.6) is 0 Å². The van der Waals surface area contributed by atoms with Crippen molar-refractivity contribution in [1.29, 1.82) is 0 Å². The number of alkyl carbamates (subject to hydrolysis) is 1. The number of carbonyl (C=O) groups is 1. The molecule has 92 valence electrons. The zero-order valence-electron chi connectivity index (χ0n) is 8.97. The summed E-state index contributed by atoms with van der Waals surface area (Å²) in [6.45, 7) is 5.52. The maximum absolute atomic E-state index is 11.2. The first-order valence-electron chi connectivity index (χ1n) is 4.60. The molecule has 1 rings (SSSR count). The molecule has 3 N–H and O–H groups in total. The van der Waals surface area contributed by atoms with Gasteiger partial charge in [-0.15, -0.1) is 0 Å². The Morgan fingerprint density at radius 3 is 2.69 bits per heavy atom. The van der Waals surface area contributed by atoms with Crippen LogP contribution in [0, 0.1) is 0 Å². The van der Waals surface area contributed by atoms with Crippen molar-refractivity contribution in [3.8, 4) is 0 Å². The molecule has 0 saturated carbocycles. The third-order valence-corrected chi connectivity index (χ3v) is 3.12. The SMILES string of the molecule is C=CCOC(=O)NC1(C)CN(S(N)(=O)=O)C1. The van der Waals surface area contributed by atoms with Gasteiger partial charge in [-0.2, -0.15) is 12.7 Å². The number of nitrogens with one attached hydrogen (secondary N) is 1. The standard InChI is InChI=1S/C8H15N3O4S/c1-3-4-15-7(12)10-8(2)5-11(6-8)16(9,13)14/h3H,1,4-6H2,2H3,(H,10,12)(H2,9,13,14). The summed E-state index contributed by atoms with van der Waals surface area (Å²) in [4.78, 5) is 11.2. The van der Waals surface area contributed by atoms with E-state index in [1.54, 1.807) is 6.92 Å². The van der Waals surface area contributed by atoms with E-state index in [4.69, 9.17) is 9.88 Å². The molecule has 1 amide bonds. The quantitative estimate of drug-likeness (QED) is 0.635. The van der Waals surface area contributed by atoms with Crippen LogP contribution in [0.3, 0.4) is 0 Å².